The summed E-state index contributed by atoms with van der Waals surface area (Å²) in [6, 6.07) is 15.9. The maximum Gasteiger partial charge on any atom is 0.248 e. The first-order valence-corrected chi connectivity index (χ1v) is 6.26. The number of ketones is 1. The lowest BCUT2D eigenvalue weighted by molar-refractivity contribution is 0.0998. The molecule has 0 radical (unpaired) electrons. The highest BCUT2D eigenvalue weighted by Gasteiger charge is 2.07. The van der Waals surface area contributed by atoms with E-state index >= 15 is 0 Å². The van der Waals surface area contributed by atoms with Crippen molar-refractivity contribution in [3.63, 3.8) is 0 Å². The molecule has 1 amide bonds. The lowest BCUT2D eigenvalue weighted by Gasteiger charge is -2.02. The van der Waals surface area contributed by atoms with Gasteiger partial charge in [-0.25, -0.2) is 0 Å². The van der Waals surface area contributed by atoms with Gasteiger partial charge >= 0.3 is 0 Å². The molecule has 0 spiro atoms. The lowest BCUT2D eigenvalue weighted by atomic mass is 10.0. The summed E-state index contributed by atoms with van der Waals surface area (Å²) in [6.45, 7) is 1.78. The van der Waals surface area contributed by atoms with Crippen molar-refractivity contribution in [2.75, 3.05) is 0 Å². The van der Waals surface area contributed by atoms with E-state index in [9.17, 15) is 9.59 Å². The molecule has 0 fully saturated rings. The molecule has 0 bridgehead atoms. The first kappa shape index (κ1) is 13.7. The van der Waals surface area contributed by atoms with Crippen LogP contribution in [0.1, 0.15) is 33.2 Å². The van der Waals surface area contributed by atoms with Crippen molar-refractivity contribution < 1.29 is 9.59 Å². The summed E-state index contributed by atoms with van der Waals surface area (Å²) < 4.78 is 0. The molecule has 2 rings (SSSR count). The van der Waals surface area contributed by atoms with Gasteiger partial charge in [-0.3, -0.25) is 9.59 Å². The molecule has 0 heterocycles. The first-order chi connectivity index (χ1) is 9.58. The van der Waals surface area contributed by atoms with Gasteiger partial charge in [0, 0.05) is 11.1 Å². The van der Waals surface area contributed by atoms with Crippen LogP contribution in [0.4, 0.5) is 0 Å². The van der Waals surface area contributed by atoms with Gasteiger partial charge in [0.05, 0.1) is 0 Å². The van der Waals surface area contributed by atoms with Gasteiger partial charge in [0.15, 0.2) is 5.78 Å². The Balaban J connectivity index is 2.22. The first-order valence-electron chi connectivity index (χ1n) is 6.26. The van der Waals surface area contributed by atoms with E-state index in [0.29, 0.717) is 16.7 Å². The van der Waals surface area contributed by atoms with Gasteiger partial charge < -0.3 is 5.73 Å². The number of hydrogen-bond donors (Lipinski definition) is 1. The van der Waals surface area contributed by atoms with Crippen molar-refractivity contribution >= 4 is 17.8 Å². The molecule has 2 N–H and O–H groups in total. The topological polar surface area (TPSA) is 60.2 Å². The molecule has 0 aromatic heterocycles. The van der Waals surface area contributed by atoms with Crippen molar-refractivity contribution in [2.45, 2.75) is 6.92 Å². The molecule has 3 nitrogen and oxygen atoms in total. The Hall–Kier alpha value is -2.68. The summed E-state index contributed by atoms with van der Waals surface area (Å²) in [6.07, 6.45) is 1.79. The van der Waals surface area contributed by atoms with Gasteiger partial charge in [-0.15, -0.1) is 0 Å². The minimum Gasteiger partial charge on any atom is -0.366 e. The molecule has 2 aromatic rings. The third-order valence-corrected chi connectivity index (χ3v) is 2.97. The second-order valence-corrected chi connectivity index (χ2v) is 4.51. The molecule has 2 aromatic carbocycles. The fourth-order valence-electron chi connectivity index (χ4n) is 1.88. The Morgan fingerprint density at radius 1 is 0.900 bits per heavy atom. The molecule has 0 aliphatic rings. The highest BCUT2D eigenvalue weighted by Crippen LogP contribution is 2.13. The van der Waals surface area contributed by atoms with Crippen LogP contribution in [0.25, 0.3) is 6.08 Å². The summed E-state index contributed by atoms with van der Waals surface area (Å²) in [5, 5.41) is 0. The molecule has 0 aliphatic carbocycles. The van der Waals surface area contributed by atoms with Crippen molar-refractivity contribution in [3.05, 3.63) is 76.9 Å². The molecule has 100 valence electrons. The summed E-state index contributed by atoms with van der Waals surface area (Å²) in [4.78, 5) is 23.2. The average Bonchev–Trinajstić information content (AvgIpc) is 2.48. The van der Waals surface area contributed by atoms with Crippen LogP contribution in [0.2, 0.25) is 0 Å². The number of Topliss-reactive ketones (excluding diaryl/α,β-unsaturated/α-hetero) is 1. The van der Waals surface area contributed by atoms with E-state index < -0.39 is 5.91 Å². The van der Waals surface area contributed by atoms with Gasteiger partial charge in [-0.05, 0) is 36.3 Å². The van der Waals surface area contributed by atoms with E-state index in [1.165, 1.54) is 0 Å². The summed E-state index contributed by atoms with van der Waals surface area (Å²) >= 11 is 0. The third-order valence-electron chi connectivity index (χ3n) is 2.97. The van der Waals surface area contributed by atoms with Crippen molar-refractivity contribution in [2.24, 2.45) is 5.73 Å². The van der Waals surface area contributed by atoms with Crippen LogP contribution in [-0.4, -0.2) is 11.7 Å². The quantitative estimate of drug-likeness (QED) is 0.682. The predicted molar refractivity (Wildman–Crippen MR) is 79.4 cm³/mol. The highest BCUT2D eigenvalue weighted by molar-refractivity contribution is 6.10. The molecule has 20 heavy (non-hydrogen) atoms. The Labute approximate surface area is 117 Å². The minimum absolute atomic E-state index is 0.00965. The third kappa shape index (κ3) is 3.20. The zero-order valence-corrected chi connectivity index (χ0v) is 11.2. The van der Waals surface area contributed by atoms with Crippen LogP contribution in [-0.2, 0) is 0 Å². The van der Waals surface area contributed by atoms with Crippen molar-refractivity contribution in [1.29, 1.82) is 0 Å². The van der Waals surface area contributed by atoms with Crippen molar-refractivity contribution in [3.8, 4) is 0 Å². The molecule has 0 aliphatic heterocycles. The lowest BCUT2D eigenvalue weighted by Crippen LogP contribution is -2.10. The van der Waals surface area contributed by atoms with Crippen LogP contribution in [0, 0.1) is 0 Å². The summed E-state index contributed by atoms with van der Waals surface area (Å²) in [5.74, 6) is -0.470. The highest BCUT2D eigenvalue weighted by atomic mass is 16.1. The number of benzene rings is 2. The second kappa shape index (κ2) is 5.97. The van der Waals surface area contributed by atoms with Gasteiger partial charge in [0.1, 0.15) is 0 Å². The van der Waals surface area contributed by atoms with Crippen molar-refractivity contribution in [1.82, 2.24) is 0 Å². The van der Waals surface area contributed by atoms with Crippen LogP contribution in [0.5, 0.6) is 0 Å². The fraction of sp³-hybridized carbons (Fsp3) is 0.0588. The summed E-state index contributed by atoms with van der Waals surface area (Å²) in [5.41, 5.74) is 7.80. The van der Waals surface area contributed by atoms with E-state index in [4.69, 9.17) is 5.73 Å². The van der Waals surface area contributed by atoms with E-state index in [1.54, 1.807) is 49.4 Å². The Morgan fingerprint density at radius 3 is 2.05 bits per heavy atom. The molecule has 0 atom stereocenters. The Morgan fingerprint density at radius 2 is 1.50 bits per heavy atom. The van der Waals surface area contributed by atoms with Crippen LogP contribution in [0.15, 0.2) is 60.2 Å². The molecular weight excluding hydrogens is 250 g/mol. The maximum atomic E-state index is 12.2. The van der Waals surface area contributed by atoms with Gasteiger partial charge in [0.2, 0.25) is 5.91 Å². The molecule has 3 heteroatoms. The largest absolute Gasteiger partial charge is 0.366 e. The predicted octanol–water partition coefficient (Wildman–Crippen LogP) is 3.07. The standard InChI is InChI=1S/C17H15NO2/c1-12(16(19)14-5-3-2-4-6-14)11-13-7-9-15(10-8-13)17(18)20/h2-11H,1H3,(H2,18,20)/b12-11+. The molecule has 0 unspecified atom stereocenters. The smallest absolute Gasteiger partial charge is 0.248 e. The monoisotopic (exact) mass is 265 g/mol. The molecule has 0 saturated carbocycles. The molecule has 0 saturated heterocycles. The maximum absolute atomic E-state index is 12.2. The number of allylic oxidation sites excluding steroid dienone is 1. The van der Waals surface area contributed by atoms with E-state index in [0.717, 1.165) is 5.56 Å². The Kier molecular flexibility index (Phi) is 4.11. The van der Waals surface area contributed by atoms with E-state index in [1.807, 2.05) is 18.2 Å². The Bertz CT molecular complexity index is 655. The average molecular weight is 265 g/mol. The zero-order chi connectivity index (χ0) is 14.5. The number of primary amides is 1. The summed E-state index contributed by atoms with van der Waals surface area (Å²) in [7, 11) is 0. The minimum atomic E-state index is -0.461. The number of carbonyl (C=O) groups excluding carboxylic acids is 2. The van der Waals surface area contributed by atoms with E-state index in [-0.39, 0.29) is 5.78 Å². The number of amides is 1. The fourth-order valence-corrected chi connectivity index (χ4v) is 1.88. The van der Waals surface area contributed by atoms with Crippen LogP contribution >= 0.6 is 0 Å². The van der Waals surface area contributed by atoms with Crippen LogP contribution in [0.3, 0.4) is 0 Å². The zero-order valence-electron chi connectivity index (χ0n) is 11.2. The SMILES string of the molecule is C/C(=C\c1ccc(C(N)=O)cc1)C(=O)c1ccccc1. The van der Waals surface area contributed by atoms with Crippen LogP contribution < -0.4 is 5.73 Å². The molecular formula is C17H15NO2. The normalized spacial score (nSPS) is 11.2. The van der Waals surface area contributed by atoms with E-state index in [2.05, 4.69) is 0 Å². The second-order valence-electron chi connectivity index (χ2n) is 4.51. The van der Waals surface area contributed by atoms with Gasteiger partial charge in [-0.2, -0.15) is 0 Å². The number of carbonyl (C=O) groups is 2. The number of rotatable bonds is 4. The van der Waals surface area contributed by atoms with Gasteiger partial charge in [0.25, 0.3) is 0 Å². The van der Waals surface area contributed by atoms with Gasteiger partial charge in [-0.1, -0.05) is 42.5 Å². The number of nitrogens with two attached hydrogens (primary N) is 1. The number of hydrogen-bond acceptors (Lipinski definition) is 2.